The molecular weight excluding hydrogens is 361 g/mol. The van der Waals surface area contributed by atoms with Gasteiger partial charge >= 0.3 is 0 Å². The molecule has 1 aromatic carbocycles. The van der Waals surface area contributed by atoms with Crippen LogP contribution in [0.25, 0.3) is 0 Å². The number of nitrogens with one attached hydrogen (secondary N) is 1. The quantitative estimate of drug-likeness (QED) is 0.212. The van der Waals surface area contributed by atoms with Gasteiger partial charge in [-0.15, -0.1) is 0 Å². The first kappa shape index (κ1) is 23.5. The summed E-state index contributed by atoms with van der Waals surface area (Å²) in [7, 11) is 0. The van der Waals surface area contributed by atoms with E-state index in [4.69, 9.17) is 28.6 Å². The van der Waals surface area contributed by atoms with Crippen LogP contribution in [0.3, 0.4) is 0 Å². The minimum atomic E-state index is 0.164. The van der Waals surface area contributed by atoms with Gasteiger partial charge in [0, 0.05) is 12.1 Å². The van der Waals surface area contributed by atoms with Crippen LogP contribution in [0.2, 0.25) is 10.0 Å². The summed E-state index contributed by atoms with van der Waals surface area (Å²) in [5.41, 5.74) is 1.10. The minimum absolute atomic E-state index is 0.164. The molecule has 1 nitrogen and oxygen atoms in total. The zero-order valence-corrected chi connectivity index (χ0v) is 18.1. The summed E-state index contributed by atoms with van der Waals surface area (Å²) < 4.78 is 0. The van der Waals surface area contributed by atoms with Crippen molar-refractivity contribution < 1.29 is 0 Å². The summed E-state index contributed by atoms with van der Waals surface area (Å²) in [6.45, 7) is 2.28. The smallest absolute Gasteiger partial charge is 0.0595 e. The van der Waals surface area contributed by atoms with Gasteiger partial charge in [0.25, 0.3) is 0 Å². The van der Waals surface area contributed by atoms with Gasteiger partial charge in [0.1, 0.15) is 0 Å². The fourth-order valence-electron chi connectivity index (χ4n) is 3.47. The molecule has 148 valence electrons. The van der Waals surface area contributed by atoms with E-state index in [1.54, 1.807) is 6.21 Å². The molecule has 1 atom stereocenters. The number of unbranched alkanes of at least 4 members (excludes halogenated alkanes) is 12. The van der Waals surface area contributed by atoms with Crippen molar-refractivity contribution in [1.82, 2.24) is 0 Å². The summed E-state index contributed by atoms with van der Waals surface area (Å²) >= 11 is 12.1. The predicted octanol–water partition coefficient (Wildman–Crippen LogP) is 9.21. The molecule has 0 fully saturated rings. The molecule has 0 aromatic heterocycles. The first-order valence-electron chi connectivity index (χ1n) is 10.6. The summed E-state index contributed by atoms with van der Waals surface area (Å²) in [6, 6.07) is 5.73. The molecule has 0 bridgehead atoms. The third-order valence-corrected chi connectivity index (χ3v) is 5.93. The number of benzene rings is 1. The molecule has 0 aliphatic carbocycles. The molecule has 3 heteroatoms. The molecule has 0 spiro atoms. The fourth-order valence-corrected chi connectivity index (χ4v) is 3.78. The molecule has 0 aliphatic heterocycles. The first-order valence-corrected chi connectivity index (χ1v) is 11.4. The van der Waals surface area contributed by atoms with Gasteiger partial charge in [-0.25, -0.2) is 0 Å². The number of halogens is 2. The molecule has 0 saturated carbocycles. The Balaban J connectivity index is 2.00. The van der Waals surface area contributed by atoms with Crippen LogP contribution in [0.5, 0.6) is 0 Å². The van der Waals surface area contributed by atoms with E-state index in [9.17, 15) is 0 Å². The summed E-state index contributed by atoms with van der Waals surface area (Å²) in [5.74, 6) is 0.164. The van der Waals surface area contributed by atoms with Crippen LogP contribution in [0.1, 0.15) is 108 Å². The van der Waals surface area contributed by atoms with Gasteiger partial charge in [0.15, 0.2) is 0 Å². The second-order valence-electron chi connectivity index (χ2n) is 7.48. The molecule has 1 N–H and O–H groups in total. The number of hydrogen-bond donors (Lipinski definition) is 1. The standard InChI is InChI=1S/C23H37Cl2N/c1-2-3-4-5-6-7-8-9-10-11-12-13-14-15-21(19-26)20-16-17-22(24)23(25)18-20/h16-19,21,26H,2-15H2,1H3/t21-/m1/s1. The van der Waals surface area contributed by atoms with E-state index in [0.717, 1.165) is 12.0 Å². The third-order valence-electron chi connectivity index (χ3n) is 5.19. The van der Waals surface area contributed by atoms with Gasteiger partial charge in [-0.1, -0.05) is 120 Å². The zero-order valence-electron chi connectivity index (χ0n) is 16.5. The molecular formula is C23H37Cl2N. The Labute approximate surface area is 171 Å². The highest BCUT2D eigenvalue weighted by Crippen LogP contribution is 2.28. The summed E-state index contributed by atoms with van der Waals surface area (Å²) in [4.78, 5) is 0. The molecule has 0 saturated heterocycles. The molecule has 0 unspecified atom stereocenters. The molecule has 0 amide bonds. The van der Waals surface area contributed by atoms with Crippen LogP contribution >= 0.6 is 23.2 Å². The SMILES string of the molecule is CCCCCCCCCCCCCCC[C@H](C=N)c1ccc(Cl)c(Cl)c1. The van der Waals surface area contributed by atoms with Crippen LogP contribution < -0.4 is 0 Å². The third kappa shape index (κ3) is 10.6. The van der Waals surface area contributed by atoms with E-state index in [0.29, 0.717) is 10.0 Å². The molecule has 0 aliphatic rings. The normalized spacial score (nSPS) is 12.3. The lowest BCUT2D eigenvalue weighted by Crippen LogP contribution is -2.00. The van der Waals surface area contributed by atoms with Crippen molar-refractivity contribution in [2.45, 2.75) is 103 Å². The average molecular weight is 398 g/mol. The van der Waals surface area contributed by atoms with Crippen molar-refractivity contribution in [3.05, 3.63) is 33.8 Å². The molecule has 0 heterocycles. The van der Waals surface area contributed by atoms with E-state index in [1.165, 1.54) is 83.5 Å². The molecule has 1 aromatic rings. The number of hydrogen-bond acceptors (Lipinski definition) is 1. The van der Waals surface area contributed by atoms with Gasteiger partial charge in [-0.05, 0) is 24.1 Å². The Bertz CT molecular complexity index is 487. The Morgan fingerprint density at radius 1 is 0.769 bits per heavy atom. The topological polar surface area (TPSA) is 23.9 Å². The van der Waals surface area contributed by atoms with Crippen molar-refractivity contribution in [2.24, 2.45) is 0 Å². The van der Waals surface area contributed by atoms with Crippen molar-refractivity contribution in [2.75, 3.05) is 0 Å². The van der Waals surface area contributed by atoms with Gasteiger partial charge < -0.3 is 5.41 Å². The maximum atomic E-state index is 7.68. The summed E-state index contributed by atoms with van der Waals surface area (Å²) in [6.07, 6.45) is 20.4. The highest BCUT2D eigenvalue weighted by Gasteiger charge is 2.10. The average Bonchev–Trinajstić information content (AvgIpc) is 2.64. The van der Waals surface area contributed by atoms with Crippen molar-refractivity contribution in [3.8, 4) is 0 Å². The minimum Gasteiger partial charge on any atom is -0.312 e. The lowest BCUT2D eigenvalue weighted by Gasteiger charge is -2.13. The lowest BCUT2D eigenvalue weighted by molar-refractivity contribution is 0.533. The van der Waals surface area contributed by atoms with E-state index >= 15 is 0 Å². The van der Waals surface area contributed by atoms with E-state index in [-0.39, 0.29) is 5.92 Å². The lowest BCUT2D eigenvalue weighted by atomic mass is 9.94. The van der Waals surface area contributed by atoms with Crippen molar-refractivity contribution in [3.63, 3.8) is 0 Å². The van der Waals surface area contributed by atoms with E-state index in [1.807, 2.05) is 18.2 Å². The van der Waals surface area contributed by atoms with Gasteiger partial charge in [-0.3, -0.25) is 0 Å². The maximum absolute atomic E-state index is 7.68. The second kappa shape index (κ2) is 15.5. The van der Waals surface area contributed by atoms with Gasteiger partial charge in [0.2, 0.25) is 0 Å². The fraction of sp³-hybridized carbons (Fsp3) is 0.696. The predicted molar refractivity (Wildman–Crippen MR) is 118 cm³/mol. The van der Waals surface area contributed by atoms with Crippen molar-refractivity contribution >= 4 is 29.4 Å². The Hall–Kier alpha value is -0.530. The Kier molecular flexibility index (Phi) is 14.0. The van der Waals surface area contributed by atoms with E-state index < -0.39 is 0 Å². The van der Waals surface area contributed by atoms with Crippen LogP contribution in [-0.2, 0) is 0 Å². The van der Waals surface area contributed by atoms with Crippen LogP contribution in [0, 0.1) is 5.41 Å². The zero-order chi connectivity index (χ0) is 19.0. The first-order chi connectivity index (χ1) is 12.7. The maximum Gasteiger partial charge on any atom is 0.0595 e. The highest BCUT2D eigenvalue weighted by atomic mass is 35.5. The molecule has 0 radical (unpaired) electrons. The van der Waals surface area contributed by atoms with Crippen molar-refractivity contribution in [1.29, 1.82) is 5.41 Å². The van der Waals surface area contributed by atoms with E-state index in [2.05, 4.69) is 6.92 Å². The monoisotopic (exact) mass is 397 g/mol. The number of rotatable bonds is 16. The molecule has 26 heavy (non-hydrogen) atoms. The van der Waals surface area contributed by atoms with Crippen LogP contribution in [0.4, 0.5) is 0 Å². The van der Waals surface area contributed by atoms with Crippen LogP contribution in [0.15, 0.2) is 18.2 Å². The summed E-state index contributed by atoms with van der Waals surface area (Å²) in [5, 5.41) is 8.85. The largest absolute Gasteiger partial charge is 0.312 e. The Morgan fingerprint density at radius 3 is 1.73 bits per heavy atom. The highest BCUT2D eigenvalue weighted by molar-refractivity contribution is 6.42. The van der Waals surface area contributed by atoms with Gasteiger partial charge in [0.05, 0.1) is 10.0 Å². The van der Waals surface area contributed by atoms with Gasteiger partial charge in [-0.2, -0.15) is 0 Å². The molecule has 1 rings (SSSR count). The van der Waals surface area contributed by atoms with Crippen LogP contribution in [-0.4, -0.2) is 6.21 Å². The second-order valence-corrected chi connectivity index (χ2v) is 8.29. The Morgan fingerprint density at radius 2 is 1.27 bits per heavy atom.